The first kappa shape index (κ1) is 20.7. The van der Waals surface area contributed by atoms with E-state index >= 15 is 0 Å². The van der Waals surface area contributed by atoms with E-state index in [1.165, 1.54) is 31.4 Å². The maximum atomic E-state index is 10.2. The molecule has 0 radical (unpaired) electrons. The van der Waals surface area contributed by atoms with Gasteiger partial charge in [-0.2, -0.15) is 11.8 Å². The molecule has 0 heterocycles. The summed E-state index contributed by atoms with van der Waals surface area (Å²) in [7, 11) is 1.57. The number of aliphatic imine (C=N–C) groups is 1. The lowest BCUT2D eigenvalue weighted by Gasteiger charge is -2.30. The van der Waals surface area contributed by atoms with Crippen LogP contribution in [-0.2, 0) is 6.42 Å². The van der Waals surface area contributed by atoms with Gasteiger partial charge in [0.25, 0.3) is 0 Å². The van der Waals surface area contributed by atoms with Gasteiger partial charge in [0.15, 0.2) is 17.5 Å². The highest BCUT2D eigenvalue weighted by molar-refractivity contribution is 7.99. The molecule has 1 saturated carbocycles. The molecule has 2 unspecified atom stereocenters. The van der Waals surface area contributed by atoms with Crippen molar-refractivity contribution in [2.45, 2.75) is 57.2 Å². The minimum atomic E-state index is 0.217. The number of hydrogen-bond acceptors (Lipinski definition) is 4. The van der Waals surface area contributed by atoms with E-state index in [-0.39, 0.29) is 5.75 Å². The lowest BCUT2D eigenvalue weighted by atomic mass is 9.95. The number of para-hydroxylation sites is 1. The summed E-state index contributed by atoms with van der Waals surface area (Å²) in [6, 6.07) is 6.08. The molecule has 1 aliphatic rings. The molecule has 0 bridgehead atoms. The van der Waals surface area contributed by atoms with E-state index in [1.807, 2.05) is 12.1 Å². The number of phenols is 1. The summed E-state index contributed by atoms with van der Waals surface area (Å²) in [6.45, 7) is 5.79. The van der Waals surface area contributed by atoms with Gasteiger partial charge in [0.05, 0.1) is 7.11 Å². The van der Waals surface area contributed by atoms with E-state index in [2.05, 4.69) is 36.2 Å². The molecule has 0 aliphatic heterocycles. The Balaban J connectivity index is 1.92. The van der Waals surface area contributed by atoms with Crippen molar-refractivity contribution in [1.82, 2.24) is 10.6 Å². The summed E-state index contributed by atoms with van der Waals surface area (Å²) in [4.78, 5) is 4.71. The SMILES string of the molecule is CCNC(=NCCc1cccc(OC)c1O)NC1CCCC(SCC)C1. The molecule has 6 heteroatoms. The topological polar surface area (TPSA) is 65.9 Å². The second kappa shape index (κ2) is 11.2. The predicted octanol–water partition coefficient (Wildman–Crippen LogP) is 3.56. The summed E-state index contributed by atoms with van der Waals surface area (Å²) in [6.07, 6.45) is 5.71. The minimum absolute atomic E-state index is 0.217. The van der Waals surface area contributed by atoms with Crippen LogP contribution < -0.4 is 15.4 Å². The van der Waals surface area contributed by atoms with Crippen LogP contribution in [0.2, 0.25) is 0 Å². The fraction of sp³-hybridized carbons (Fsp3) is 0.650. The standard InChI is InChI=1S/C20H33N3O2S/c1-4-21-20(23-16-9-7-10-17(14-16)26-5-2)22-13-12-15-8-6-11-18(25-3)19(15)24/h6,8,11,16-17,24H,4-5,7,9-10,12-14H2,1-3H3,(H2,21,22,23). The van der Waals surface area contributed by atoms with Crippen LogP contribution in [-0.4, -0.2) is 48.3 Å². The van der Waals surface area contributed by atoms with E-state index in [0.29, 0.717) is 24.8 Å². The predicted molar refractivity (Wildman–Crippen MR) is 112 cm³/mol. The Bertz CT molecular complexity index is 578. The molecule has 1 fully saturated rings. The normalized spacial score (nSPS) is 20.7. The maximum Gasteiger partial charge on any atom is 0.191 e. The lowest BCUT2D eigenvalue weighted by molar-refractivity contribution is 0.370. The van der Waals surface area contributed by atoms with Crippen molar-refractivity contribution in [3.05, 3.63) is 23.8 Å². The van der Waals surface area contributed by atoms with Crippen molar-refractivity contribution in [1.29, 1.82) is 0 Å². The number of ether oxygens (including phenoxy) is 1. The van der Waals surface area contributed by atoms with Crippen molar-refractivity contribution in [3.63, 3.8) is 0 Å². The molecule has 26 heavy (non-hydrogen) atoms. The molecule has 2 atom stereocenters. The Morgan fingerprint density at radius 3 is 2.92 bits per heavy atom. The number of thioether (sulfide) groups is 1. The van der Waals surface area contributed by atoms with Crippen LogP contribution in [0.15, 0.2) is 23.2 Å². The van der Waals surface area contributed by atoms with Gasteiger partial charge in [0.1, 0.15) is 0 Å². The quantitative estimate of drug-likeness (QED) is 0.476. The number of methoxy groups -OCH3 is 1. The summed E-state index contributed by atoms with van der Waals surface area (Å²) in [5.74, 6) is 2.80. The van der Waals surface area contributed by atoms with E-state index in [0.717, 1.165) is 23.3 Å². The van der Waals surface area contributed by atoms with E-state index < -0.39 is 0 Å². The summed E-state index contributed by atoms with van der Waals surface area (Å²) in [5.41, 5.74) is 0.862. The highest BCUT2D eigenvalue weighted by atomic mass is 32.2. The third kappa shape index (κ3) is 6.31. The number of guanidine groups is 1. The van der Waals surface area contributed by atoms with Gasteiger partial charge in [-0.25, -0.2) is 0 Å². The molecule has 2 rings (SSSR count). The third-order valence-electron chi connectivity index (χ3n) is 4.67. The fourth-order valence-electron chi connectivity index (χ4n) is 3.40. The van der Waals surface area contributed by atoms with Crippen molar-refractivity contribution in [3.8, 4) is 11.5 Å². The zero-order valence-corrected chi connectivity index (χ0v) is 17.1. The van der Waals surface area contributed by atoms with Crippen LogP contribution in [0, 0.1) is 0 Å². The molecule has 1 aromatic carbocycles. The third-order valence-corrected chi connectivity index (χ3v) is 5.90. The van der Waals surface area contributed by atoms with Crippen LogP contribution in [0.4, 0.5) is 0 Å². The number of aromatic hydroxyl groups is 1. The zero-order chi connectivity index (χ0) is 18.8. The molecule has 0 aromatic heterocycles. The Labute approximate surface area is 162 Å². The van der Waals surface area contributed by atoms with Crippen molar-refractivity contribution < 1.29 is 9.84 Å². The average molecular weight is 380 g/mol. The Hall–Kier alpha value is -1.56. The Morgan fingerprint density at radius 1 is 1.35 bits per heavy atom. The van der Waals surface area contributed by atoms with Gasteiger partial charge in [-0.1, -0.05) is 25.5 Å². The van der Waals surface area contributed by atoms with Gasteiger partial charge >= 0.3 is 0 Å². The summed E-state index contributed by atoms with van der Waals surface area (Å²) in [5, 5.41) is 17.9. The second-order valence-corrected chi connectivity index (χ2v) is 8.14. The van der Waals surface area contributed by atoms with Crippen LogP contribution in [0.5, 0.6) is 11.5 Å². The van der Waals surface area contributed by atoms with Crippen LogP contribution >= 0.6 is 11.8 Å². The molecular formula is C20H33N3O2S. The Morgan fingerprint density at radius 2 is 2.19 bits per heavy atom. The first-order valence-corrected chi connectivity index (χ1v) is 10.7. The highest BCUT2D eigenvalue weighted by Gasteiger charge is 2.22. The molecule has 5 nitrogen and oxygen atoms in total. The number of rotatable bonds is 8. The number of nitrogens with one attached hydrogen (secondary N) is 2. The fourth-order valence-corrected chi connectivity index (χ4v) is 4.57. The largest absolute Gasteiger partial charge is 0.504 e. The van der Waals surface area contributed by atoms with Crippen molar-refractivity contribution >= 4 is 17.7 Å². The van der Waals surface area contributed by atoms with Crippen molar-refractivity contribution in [2.24, 2.45) is 4.99 Å². The van der Waals surface area contributed by atoms with E-state index in [4.69, 9.17) is 9.73 Å². The van der Waals surface area contributed by atoms with E-state index in [9.17, 15) is 5.11 Å². The van der Waals surface area contributed by atoms with E-state index in [1.54, 1.807) is 13.2 Å². The number of phenolic OH excluding ortho intramolecular Hbond substituents is 1. The minimum Gasteiger partial charge on any atom is -0.504 e. The number of nitrogens with zero attached hydrogens (tertiary/aromatic N) is 1. The summed E-state index contributed by atoms with van der Waals surface area (Å²) >= 11 is 2.08. The molecule has 146 valence electrons. The highest BCUT2D eigenvalue weighted by Crippen LogP contribution is 2.30. The van der Waals surface area contributed by atoms with Gasteiger partial charge in [0.2, 0.25) is 0 Å². The van der Waals surface area contributed by atoms with Gasteiger partial charge < -0.3 is 20.5 Å². The monoisotopic (exact) mass is 379 g/mol. The Kier molecular flexibility index (Phi) is 8.95. The second-order valence-electron chi connectivity index (χ2n) is 6.56. The maximum absolute atomic E-state index is 10.2. The zero-order valence-electron chi connectivity index (χ0n) is 16.3. The van der Waals surface area contributed by atoms with Crippen molar-refractivity contribution in [2.75, 3.05) is 26.0 Å². The average Bonchev–Trinajstić information content (AvgIpc) is 2.64. The van der Waals surface area contributed by atoms with Gasteiger partial charge in [-0.05, 0) is 50.0 Å². The molecule has 0 saturated heterocycles. The molecule has 0 amide bonds. The number of benzene rings is 1. The van der Waals surface area contributed by atoms with Gasteiger partial charge in [0, 0.05) is 24.4 Å². The number of hydrogen-bond donors (Lipinski definition) is 3. The summed E-state index contributed by atoms with van der Waals surface area (Å²) < 4.78 is 5.17. The van der Waals surface area contributed by atoms with Gasteiger partial charge in [-0.3, -0.25) is 4.99 Å². The molecule has 0 spiro atoms. The van der Waals surface area contributed by atoms with Crippen LogP contribution in [0.3, 0.4) is 0 Å². The van der Waals surface area contributed by atoms with Crippen LogP contribution in [0.25, 0.3) is 0 Å². The lowest BCUT2D eigenvalue weighted by Crippen LogP contribution is -2.45. The molecular weight excluding hydrogens is 346 g/mol. The molecule has 1 aliphatic carbocycles. The molecule has 1 aromatic rings. The first-order valence-electron chi connectivity index (χ1n) is 9.69. The smallest absolute Gasteiger partial charge is 0.191 e. The van der Waals surface area contributed by atoms with Gasteiger partial charge in [-0.15, -0.1) is 0 Å². The first-order chi connectivity index (χ1) is 12.7. The van der Waals surface area contributed by atoms with Crippen LogP contribution in [0.1, 0.15) is 45.1 Å². The molecule has 3 N–H and O–H groups in total.